The van der Waals surface area contributed by atoms with E-state index >= 15 is 0 Å². The predicted octanol–water partition coefficient (Wildman–Crippen LogP) is 3.45. The van der Waals surface area contributed by atoms with Crippen molar-refractivity contribution in [2.75, 3.05) is 0 Å². The summed E-state index contributed by atoms with van der Waals surface area (Å²) in [6, 6.07) is 19.3. The normalized spacial score (nSPS) is 14.2. The van der Waals surface area contributed by atoms with Crippen molar-refractivity contribution in [1.29, 1.82) is 0 Å². The predicted molar refractivity (Wildman–Crippen MR) is 119 cm³/mol. The summed E-state index contributed by atoms with van der Waals surface area (Å²) in [6.07, 6.45) is 5.35. The van der Waals surface area contributed by atoms with E-state index in [0.29, 0.717) is 17.7 Å². The zero-order valence-corrected chi connectivity index (χ0v) is 17.6. The zero-order chi connectivity index (χ0) is 22.1. The van der Waals surface area contributed by atoms with Crippen molar-refractivity contribution in [3.8, 4) is 11.1 Å². The molecule has 7 heteroatoms. The Morgan fingerprint density at radius 2 is 1.88 bits per heavy atom. The van der Waals surface area contributed by atoms with E-state index in [1.807, 2.05) is 54.6 Å². The van der Waals surface area contributed by atoms with E-state index in [2.05, 4.69) is 15.5 Å². The zero-order valence-electron chi connectivity index (χ0n) is 17.6. The molecule has 160 valence electrons. The topological polar surface area (TPSA) is 90.0 Å². The Kier molecular flexibility index (Phi) is 4.93. The Labute approximate surface area is 184 Å². The van der Waals surface area contributed by atoms with Crippen LogP contribution in [0.25, 0.3) is 11.1 Å². The van der Waals surface area contributed by atoms with Crippen molar-refractivity contribution >= 4 is 5.91 Å². The maximum Gasteiger partial charge on any atom is 0.274 e. The van der Waals surface area contributed by atoms with Crippen LogP contribution in [0.3, 0.4) is 0 Å². The number of hydrogen-bond acceptors (Lipinski definition) is 5. The number of nitrogens with zero attached hydrogens (tertiary/aromatic N) is 3. The molecule has 1 saturated carbocycles. The van der Waals surface area contributed by atoms with Crippen molar-refractivity contribution in [1.82, 2.24) is 20.0 Å². The molecule has 32 heavy (non-hydrogen) atoms. The van der Waals surface area contributed by atoms with Crippen LogP contribution < -0.4 is 10.9 Å². The van der Waals surface area contributed by atoms with Crippen molar-refractivity contribution in [3.05, 3.63) is 106 Å². The molecule has 1 aliphatic rings. The fraction of sp³-hybridized carbons (Fsp3) is 0.200. The number of carbonyl (C=O) groups is 1. The van der Waals surface area contributed by atoms with Crippen LogP contribution in [0, 0.1) is 0 Å². The van der Waals surface area contributed by atoms with Gasteiger partial charge in [-0.1, -0.05) is 59.8 Å². The Morgan fingerprint density at radius 1 is 1.12 bits per heavy atom. The maximum absolute atomic E-state index is 12.8. The minimum Gasteiger partial charge on any atom is -0.360 e. The van der Waals surface area contributed by atoms with Crippen molar-refractivity contribution in [2.24, 2.45) is 7.05 Å². The lowest BCUT2D eigenvalue weighted by atomic mass is 10.0. The molecule has 4 aromatic rings. The van der Waals surface area contributed by atoms with Crippen LogP contribution in [0.15, 0.2) is 82.5 Å². The Balaban J connectivity index is 1.30. The molecule has 0 unspecified atom stereocenters. The number of benzene rings is 2. The minimum atomic E-state index is -0.409. The van der Waals surface area contributed by atoms with Gasteiger partial charge in [-0.05, 0) is 29.5 Å². The van der Waals surface area contributed by atoms with Gasteiger partial charge in [-0.25, -0.2) is 4.98 Å². The lowest BCUT2D eigenvalue weighted by molar-refractivity contribution is 0.0921. The van der Waals surface area contributed by atoms with E-state index < -0.39 is 5.54 Å². The lowest BCUT2D eigenvalue weighted by Gasteiger charge is -2.17. The molecule has 5 rings (SSSR count). The van der Waals surface area contributed by atoms with Gasteiger partial charge in [0.25, 0.3) is 11.5 Å². The molecule has 2 aromatic carbocycles. The van der Waals surface area contributed by atoms with Gasteiger partial charge in [0.2, 0.25) is 0 Å². The minimum absolute atomic E-state index is 0.0977. The molecule has 1 N–H and O–H groups in total. The number of hydrogen-bond donors (Lipinski definition) is 1. The third-order valence-corrected chi connectivity index (χ3v) is 5.86. The van der Waals surface area contributed by atoms with Crippen LogP contribution >= 0.6 is 0 Å². The fourth-order valence-electron chi connectivity index (χ4n) is 3.86. The highest BCUT2D eigenvalue weighted by molar-refractivity contribution is 5.93. The van der Waals surface area contributed by atoms with E-state index in [1.54, 1.807) is 19.3 Å². The lowest BCUT2D eigenvalue weighted by Crippen LogP contribution is -2.35. The van der Waals surface area contributed by atoms with E-state index in [1.165, 1.54) is 10.9 Å². The first-order valence-electron chi connectivity index (χ1n) is 10.5. The first-order valence-corrected chi connectivity index (χ1v) is 10.5. The van der Waals surface area contributed by atoms with Gasteiger partial charge in [0.15, 0.2) is 5.69 Å². The van der Waals surface area contributed by atoms with Crippen molar-refractivity contribution in [2.45, 2.75) is 24.8 Å². The van der Waals surface area contributed by atoms with Gasteiger partial charge >= 0.3 is 0 Å². The molecule has 0 atom stereocenters. The van der Waals surface area contributed by atoms with Gasteiger partial charge < -0.3 is 14.4 Å². The molecule has 0 spiro atoms. The number of nitrogens with one attached hydrogen (secondary N) is 1. The molecule has 0 saturated heterocycles. The second-order valence-electron chi connectivity index (χ2n) is 8.18. The standard InChI is InChI=1S/C25H22N4O3/c1-29-16-26-15-21(24(29)31)18-7-9-19(10-8-18)25(11-12-25)27-23(30)22-14-20(32-28-22)13-17-5-3-2-4-6-17/h2-10,14-16H,11-13H2,1H3,(H,27,30). The monoisotopic (exact) mass is 426 g/mol. The maximum atomic E-state index is 12.8. The highest BCUT2D eigenvalue weighted by atomic mass is 16.5. The SMILES string of the molecule is Cn1cncc(-c2ccc(C3(NC(=O)c4cc(Cc5ccccc5)on4)CC3)cc2)c1=O. The summed E-state index contributed by atoms with van der Waals surface area (Å²) < 4.78 is 6.82. The molecule has 0 radical (unpaired) electrons. The average molecular weight is 426 g/mol. The van der Waals surface area contributed by atoms with Crippen LogP contribution in [-0.4, -0.2) is 20.6 Å². The molecule has 1 amide bonds. The van der Waals surface area contributed by atoms with Crippen LogP contribution in [0.2, 0.25) is 0 Å². The Hall–Kier alpha value is -4.00. The quantitative estimate of drug-likeness (QED) is 0.510. The number of rotatable bonds is 6. The molecule has 2 heterocycles. The summed E-state index contributed by atoms with van der Waals surface area (Å²) in [5.74, 6) is 0.393. The largest absolute Gasteiger partial charge is 0.360 e. The molecule has 0 bridgehead atoms. The summed E-state index contributed by atoms with van der Waals surface area (Å²) in [7, 11) is 1.68. The molecule has 2 aromatic heterocycles. The molecule has 7 nitrogen and oxygen atoms in total. The van der Waals surface area contributed by atoms with Gasteiger partial charge in [-0.2, -0.15) is 0 Å². The second kappa shape index (κ2) is 7.92. The number of aromatic nitrogens is 3. The van der Waals surface area contributed by atoms with E-state index in [9.17, 15) is 9.59 Å². The van der Waals surface area contributed by atoms with Gasteiger partial charge in [0.1, 0.15) is 5.76 Å². The van der Waals surface area contributed by atoms with Crippen LogP contribution in [0.5, 0.6) is 0 Å². The fourth-order valence-corrected chi connectivity index (χ4v) is 3.86. The average Bonchev–Trinajstić information content (AvgIpc) is 3.44. The van der Waals surface area contributed by atoms with E-state index in [0.717, 1.165) is 29.5 Å². The highest BCUT2D eigenvalue weighted by Crippen LogP contribution is 2.46. The van der Waals surface area contributed by atoms with Crippen molar-refractivity contribution in [3.63, 3.8) is 0 Å². The van der Waals surface area contributed by atoms with Gasteiger partial charge in [0.05, 0.1) is 17.4 Å². The molecular weight excluding hydrogens is 404 g/mol. The smallest absolute Gasteiger partial charge is 0.274 e. The molecule has 1 aliphatic carbocycles. The van der Waals surface area contributed by atoms with Gasteiger partial charge in [-0.15, -0.1) is 0 Å². The number of aryl methyl sites for hydroxylation is 1. The van der Waals surface area contributed by atoms with Gasteiger partial charge in [-0.3, -0.25) is 9.59 Å². The molecule has 0 aliphatic heterocycles. The summed E-state index contributed by atoms with van der Waals surface area (Å²) in [6.45, 7) is 0. The third-order valence-electron chi connectivity index (χ3n) is 5.86. The summed E-state index contributed by atoms with van der Waals surface area (Å²) in [5, 5.41) is 7.08. The first-order chi connectivity index (χ1) is 15.5. The van der Waals surface area contributed by atoms with E-state index in [-0.39, 0.29) is 17.2 Å². The van der Waals surface area contributed by atoms with Crippen LogP contribution in [0.4, 0.5) is 0 Å². The van der Waals surface area contributed by atoms with E-state index in [4.69, 9.17) is 4.52 Å². The Morgan fingerprint density at radius 3 is 2.59 bits per heavy atom. The molecule has 1 fully saturated rings. The number of carbonyl (C=O) groups excluding carboxylic acids is 1. The Bertz CT molecular complexity index is 1320. The van der Waals surface area contributed by atoms with Gasteiger partial charge in [0, 0.05) is 25.7 Å². The number of amides is 1. The summed E-state index contributed by atoms with van der Waals surface area (Å²) >= 11 is 0. The summed E-state index contributed by atoms with van der Waals surface area (Å²) in [4.78, 5) is 29.3. The van der Waals surface area contributed by atoms with Crippen molar-refractivity contribution < 1.29 is 9.32 Å². The van der Waals surface area contributed by atoms with Crippen LogP contribution in [0.1, 0.15) is 40.2 Å². The summed E-state index contributed by atoms with van der Waals surface area (Å²) in [5.41, 5.74) is 3.21. The first kappa shape index (κ1) is 19.9. The third kappa shape index (κ3) is 3.85. The second-order valence-corrected chi connectivity index (χ2v) is 8.18. The van der Waals surface area contributed by atoms with Crippen LogP contribution in [-0.2, 0) is 19.0 Å². The highest BCUT2D eigenvalue weighted by Gasteiger charge is 2.46. The molecular formula is C25H22N4O3.